The molecular formula is C17H9F9N4. The Morgan fingerprint density at radius 1 is 0.567 bits per heavy atom. The molecule has 0 aliphatic carbocycles. The fourth-order valence-electron chi connectivity index (χ4n) is 2.85. The molecule has 0 unspecified atom stereocenters. The molecule has 160 valence electrons. The molecule has 13 heteroatoms. The summed E-state index contributed by atoms with van der Waals surface area (Å²) in [5, 5.41) is 6.22. The van der Waals surface area contributed by atoms with Crippen molar-refractivity contribution >= 4 is 11.0 Å². The summed E-state index contributed by atoms with van der Waals surface area (Å²) >= 11 is 0. The van der Waals surface area contributed by atoms with Crippen LogP contribution in [0.25, 0.3) is 22.3 Å². The third-order valence-corrected chi connectivity index (χ3v) is 3.90. The van der Waals surface area contributed by atoms with Crippen LogP contribution in [0, 0.1) is 13.8 Å². The van der Waals surface area contributed by atoms with Crippen LogP contribution in [-0.2, 0) is 18.5 Å². The number of nitrogens with zero attached hydrogens (tertiary/aromatic N) is 4. The van der Waals surface area contributed by atoms with Crippen LogP contribution in [0.5, 0.6) is 0 Å². The molecule has 4 nitrogen and oxygen atoms in total. The molecule has 0 atom stereocenters. The third-order valence-electron chi connectivity index (χ3n) is 3.90. The second-order valence-electron chi connectivity index (χ2n) is 6.38. The summed E-state index contributed by atoms with van der Waals surface area (Å²) < 4.78 is 119. The van der Waals surface area contributed by atoms with Gasteiger partial charge in [-0.1, -0.05) is 17.2 Å². The molecular weight excluding hydrogens is 431 g/mol. The van der Waals surface area contributed by atoms with Crippen molar-refractivity contribution in [3.63, 3.8) is 0 Å². The first-order valence-corrected chi connectivity index (χ1v) is 7.97. The van der Waals surface area contributed by atoms with Gasteiger partial charge in [0.2, 0.25) is 0 Å². The highest BCUT2D eigenvalue weighted by Gasteiger charge is 2.48. The van der Waals surface area contributed by atoms with E-state index in [0.29, 0.717) is 11.1 Å². The number of halogens is 9. The maximum absolute atomic E-state index is 13.3. The highest BCUT2D eigenvalue weighted by Crippen LogP contribution is 2.42. The van der Waals surface area contributed by atoms with Crippen molar-refractivity contribution < 1.29 is 39.5 Å². The van der Waals surface area contributed by atoms with Crippen LogP contribution in [0.2, 0.25) is 0 Å². The minimum absolute atomic E-state index is 0.0286. The largest absolute Gasteiger partial charge is 0.437 e. The first kappa shape index (κ1) is 21.7. The molecule has 0 fully saturated rings. The molecule has 1 aromatic carbocycles. The van der Waals surface area contributed by atoms with Gasteiger partial charge in [-0.05, 0) is 26.0 Å². The van der Waals surface area contributed by atoms with Gasteiger partial charge in [0.15, 0.2) is 17.1 Å². The van der Waals surface area contributed by atoms with Crippen LogP contribution >= 0.6 is 0 Å². The van der Waals surface area contributed by atoms with Gasteiger partial charge in [-0.15, -0.1) is 10.2 Å². The van der Waals surface area contributed by atoms with Gasteiger partial charge >= 0.3 is 18.5 Å². The van der Waals surface area contributed by atoms with Gasteiger partial charge in [-0.2, -0.15) is 39.5 Å². The van der Waals surface area contributed by atoms with E-state index < -0.39 is 52.3 Å². The number of benzene rings is 1. The first-order chi connectivity index (χ1) is 13.6. The van der Waals surface area contributed by atoms with E-state index in [-0.39, 0.29) is 5.56 Å². The fraction of sp³-hybridized carbons (Fsp3) is 0.294. The summed E-state index contributed by atoms with van der Waals surface area (Å²) in [6.45, 7) is 3.20. The molecule has 30 heavy (non-hydrogen) atoms. The van der Waals surface area contributed by atoms with Crippen molar-refractivity contribution in [3.05, 3.63) is 46.4 Å². The summed E-state index contributed by atoms with van der Waals surface area (Å²) in [5.74, 6) is 0. The first-order valence-electron chi connectivity index (χ1n) is 7.97. The summed E-state index contributed by atoms with van der Waals surface area (Å²) in [6.07, 6.45) is -16.7. The Bertz CT molecular complexity index is 1110. The molecule has 0 N–H and O–H groups in total. The van der Waals surface area contributed by atoms with Gasteiger partial charge in [-0.3, -0.25) is 0 Å². The fourth-order valence-corrected chi connectivity index (χ4v) is 2.85. The van der Waals surface area contributed by atoms with E-state index in [4.69, 9.17) is 0 Å². The number of aromatic nitrogens is 4. The number of hydrogen-bond donors (Lipinski definition) is 0. The molecule has 0 aliphatic heterocycles. The van der Waals surface area contributed by atoms with E-state index in [0.717, 1.165) is 0 Å². The Morgan fingerprint density at radius 2 is 1.00 bits per heavy atom. The number of hydrogen-bond acceptors (Lipinski definition) is 4. The molecule has 0 amide bonds. The van der Waals surface area contributed by atoms with Crippen LogP contribution in [0.15, 0.2) is 18.2 Å². The second kappa shape index (κ2) is 6.77. The van der Waals surface area contributed by atoms with Crippen LogP contribution in [0.1, 0.15) is 28.2 Å². The zero-order valence-corrected chi connectivity index (χ0v) is 14.9. The molecule has 3 rings (SSSR count). The average molecular weight is 440 g/mol. The van der Waals surface area contributed by atoms with Crippen LogP contribution in [-0.4, -0.2) is 20.2 Å². The lowest BCUT2D eigenvalue weighted by Crippen LogP contribution is -2.22. The van der Waals surface area contributed by atoms with Crippen molar-refractivity contribution in [3.8, 4) is 11.3 Å². The van der Waals surface area contributed by atoms with Crippen molar-refractivity contribution in [2.75, 3.05) is 0 Å². The highest BCUT2D eigenvalue weighted by atomic mass is 19.4. The Hall–Kier alpha value is -2.99. The molecule has 0 spiro atoms. The number of rotatable bonds is 1. The number of alkyl halides is 9. The predicted octanol–water partition coefficient (Wildman–Crippen LogP) is 5.76. The van der Waals surface area contributed by atoms with E-state index in [1.807, 2.05) is 0 Å². The SMILES string of the molecule is Cc1cc(C)cc(-c2nnc(C(F)(F)F)c3nc(C(F)(F)F)c(C(F)(F)F)nc23)c1. The smallest absolute Gasteiger partial charge is 0.237 e. The Balaban J connectivity index is 2.52. The minimum atomic E-state index is -5.71. The molecule has 0 saturated carbocycles. The summed E-state index contributed by atoms with van der Waals surface area (Å²) in [6, 6.07) is 4.41. The van der Waals surface area contributed by atoms with E-state index in [9.17, 15) is 39.5 Å². The minimum Gasteiger partial charge on any atom is -0.237 e. The normalized spacial score (nSPS) is 13.2. The summed E-state index contributed by atoms with van der Waals surface area (Å²) in [5.41, 5.74) is -8.97. The lowest BCUT2D eigenvalue weighted by molar-refractivity contribution is -0.167. The molecule has 2 aromatic heterocycles. The summed E-state index contributed by atoms with van der Waals surface area (Å²) in [7, 11) is 0. The maximum Gasteiger partial charge on any atom is 0.437 e. The topological polar surface area (TPSA) is 51.6 Å². The molecule has 0 aliphatic rings. The third kappa shape index (κ3) is 4.00. The lowest BCUT2D eigenvalue weighted by atomic mass is 10.0. The molecule has 3 aromatic rings. The van der Waals surface area contributed by atoms with Gasteiger partial charge in [0, 0.05) is 5.56 Å². The van der Waals surface area contributed by atoms with Crippen molar-refractivity contribution in [2.45, 2.75) is 32.4 Å². The van der Waals surface area contributed by atoms with E-state index in [1.54, 1.807) is 19.9 Å². The van der Waals surface area contributed by atoms with Crippen LogP contribution in [0.3, 0.4) is 0 Å². The Morgan fingerprint density at radius 3 is 1.43 bits per heavy atom. The monoisotopic (exact) mass is 440 g/mol. The predicted molar refractivity (Wildman–Crippen MR) is 85.0 cm³/mol. The molecule has 2 heterocycles. The second-order valence-corrected chi connectivity index (χ2v) is 6.38. The van der Waals surface area contributed by atoms with Gasteiger partial charge in [0.1, 0.15) is 16.7 Å². The number of fused-ring (bicyclic) bond motifs is 1. The molecule has 0 saturated heterocycles. The molecule has 0 radical (unpaired) electrons. The van der Waals surface area contributed by atoms with Crippen LogP contribution in [0.4, 0.5) is 39.5 Å². The Labute approximate surface area is 161 Å². The van der Waals surface area contributed by atoms with Crippen molar-refractivity contribution in [2.24, 2.45) is 0 Å². The average Bonchev–Trinajstić information content (AvgIpc) is 2.56. The van der Waals surface area contributed by atoms with E-state index >= 15 is 0 Å². The van der Waals surface area contributed by atoms with Gasteiger partial charge < -0.3 is 0 Å². The van der Waals surface area contributed by atoms with Crippen molar-refractivity contribution in [1.82, 2.24) is 20.2 Å². The van der Waals surface area contributed by atoms with Crippen molar-refractivity contribution in [1.29, 1.82) is 0 Å². The maximum atomic E-state index is 13.3. The zero-order valence-electron chi connectivity index (χ0n) is 14.9. The highest BCUT2D eigenvalue weighted by molar-refractivity contribution is 5.90. The van der Waals surface area contributed by atoms with Gasteiger partial charge in [-0.25, -0.2) is 9.97 Å². The van der Waals surface area contributed by atoms with E-state index in [1.165, 1.54) is 12.1 Å². The van der Waals surface area contributed by atoms with Crippen LogP contribution < -0.4 is 0 Å². The summed E-state index contributed by atoms with van der Waals surface area (Å²) in [4.78, 5) is 5.59. The lowest BCUT2D eigenvalue weighted by Gasteiger charge is -2.17. The van der Waals surface area contributed by atoms with Gasteiger partial charge in [0.05, 0.1) is 0 Å². The van der Waals surface area contributed by atoms with E-state index in [2.05, 4.69) is 20.2 Å². The molecule has 0 bridgehead atoms. The van der Waals surface area contributed by atoms with Gasteiger partial charge in [0.25, 0.3) is 0 Å². The Kier molecular flexibility index (Phi) is 4.90. The quantitative estimate of drug-likeness (QED) is 0.452. The number of aryl methyl sites for hydroxylation is 2. The zero-order chi connectivity index (χ0) is 22.6. The standard InChI is InChI=1S/C17H9F9N4/c1-6-3-7(2)5-8(4-6)9-10-11(12(30-29-9)15(18,19)20)28-14(17(24,25)26)13(27-10)16(21,22)23/h3-5H,1-2H3.